The molecule has 0 bridgehead atoms. The fourth-order valence-corrected chi connectivity index (χ4v) is 6.10. The number of nitrogens with zero attached hydrogens (tertiary/aromatic N) is 3. The number of azo groups is 1. The summed E-state index contributed by atoms with van der Waals surface area (Å²) in [4.78, 5) is 90.5. The Hall–Kier alpha value is -6.15. The van der Waals surface area contributed by atoms with Crippen molar-refractivity contribution in [3.63, 3.8) is 0 Å². The lowest BCUT2D eigenvalue weighted by Crippen LogP contribution is -2.31. The van der Waals surface area contributed by atoms with Crippen LogP contribution in [0.3, 0.4) is 0 Å². The molecule has 3 N–H and O–H groups in total. The van der Waals surface area contributed by atoms with Gasteiger partial charge in [0.05, 0.1) is 18.7 Å². The van der Waals surface area contributed by atoms with E-state index in [2.05, 4.69) is 51.5 Å². The molecule has 4 rings (SSSR count). The van der Waals surface area contributed by atoms with Crippen LogP contribution in [-0.2, 0) is 30.3 Å². The minimum atomic E-state index is -1.44. The number of carbonyl (C=O) groups is 7. The highest BCUT2D eigenvalue weighted by atomic mass is 16.5. The maximum Gasteiger partial charge on any atom is 0.330 e. The predicted octanol–water partition coefficient (Wildman–Crippen LogP) is 7.28. The molecule has 300 valence electrons. The van der Waals surface area contributed by atoms with Crippen molar-refractivity contribution in [2.45, 2.75) is 78.2 Å². The summed E-state index contributed by atoms with van der Waals surface area (Å²) in [6.07, 6.45) is 5.25. The van der Waals surface area contributed by atoms with Gasteiger partial charge in [0.1, 0.15) is 0 Å². The first-order valence-electron chi connectivity index (χ1n) is 19.2. The molecular formula is C43H50N6O8. The number of amides is 3. The number of anilines is 3. The molecule has 0 fully saturated rings. The molecule has 3 amide bonds. The number of benzene rings is 3. The highest BCUT2D eigenvalue weighted by Gasteiger charge is 2.25. The zero-order valence-corrected chi connectivity index (χ0v) is 32.7. The van der Waals surface area contributed by atoms with Gasteiger partial charge in [0.2, 0.25) is 11.9 Å². The Balaban J connectivity index is 1.41. The molecule has 14 nitrogen and oxygen atoms in total. The van der Waals surface area contributed by atoms with Gasteiger partial charge < -0.3 is 25.6 Å². The van der Waals surface area contributed by atoms with Crippen LogP contribution in [0, 0.1) is 0 Å². The van der Waals surface area contributed by atoms with Crippen molar-refractivity contribution < 1.29 is 38.3 Å². The number of nitrogens with one attached hydrogen (secondary N) is 3. The number of hydrogen-bond donors (Lipinski definition) is 3. The second-order valence-corrected chi connectivity index (χ2v) is 13.6. The molecule has 0 aromatic heterocycles. The number of rotatable bonds is 23. The average molecular weight is 779 g/mol. The van der Waals surface area contributed by atoms with E-state index < -0.39 is 29.6 Å². The normalized spacial score (nSPS) is 12.5. The number of esters is 1. The van der Waals surface area contributed by atoms with Crippen molar-refractivity contribution in [2.24, 2.45) is 10.2 Å². The first-order chi connectivity index (χ1) is 27.4. The number of fused-ring (bicyclic) bond motifs is 1. The van der Waals surface area contributed by atoms with Crippen LogP contribution in [0.1, 0.15) is 102 Å². The molecule has 1 unspecified atom stereocenters. The van der Waals surface area contributed by atoms with Gasteiger partial charge in [-0.3, -0.25) is 28.8 Å². The molecule has 0 saturated carbocycles. The smallest absolute Gasteiger partial charge is 0.330 e. The van der Waals surface area contributed by atoms with Crippen LogP contribution < -0.4 is 16.0 Å². The van der Waals surface area contributed by atoms with Crippen LogP contribution >= 0.6 is 0 Å². The highest BCUT2D eigenvalue weighted by Crippen LogP contribution is 2.27. The van der Waals surface area contributed by atoms with Gasteiger partial charge in [-0.25, -0.2) is 4.79 Å². The SMILES string of the molecule is C=CC(=O)OCCCCC(=O)c1cc(NC(=O)c2ccc(N=NC(C(C)=O)C(=O)Nc3ccc4c(c3)NC(=O)C4)cc2)cc(C(=O)CCCCCN(CC)CC)c1. The Kier molecular flexibility index (Phi) is 16.7. The summed E-state index contributed by atoms with van der Waals surface area (Å²) in [5, 5.41) is 16.2. The molecule has 3 aromatic rings. The van der Waals surface area contributed by atoms with Crippen LogP contribution in [-0.4, -0.2) is 78.2 Å². The molecule has 14 heteroatoms. The third kappa shape index (κ3) is 13.5. The lowest BCUT2D eigenvalue weighted by atomic mass is 9.98. The predicted molar refractivity (Wildman–Crippen MR) is 217 cm³/mol. The summed E-state index contributed by atoms with van der Waals surface area (Å²) < 4.78 is 4.98. The third-order valence-corrected chi connectivity index (χ3v) is 9.37. The van der Waals surface area contributed by atoms with Gasteiger partial charge in [-0.1, -0.05) is 32.9 Å². The molecule has 1 atom stereocenters. The van der Waals surface area contributed by atoms with Gasteiger partial charge in [-0.2, -0.15) is 10.2 Å². The van der Waals surface area contributed by atoms with E-state index in [0.717, 1.165) is 44.1 Å². The van der Waals surface area contributed by atoms with Crippen molar-refractivity contribution in [1.29, 1.82) is 0 Å². The van der Waals surface area contributed by atoms with Crippen LogP contribution in [0.25, 0.3) is 0 Å². The van der Waals surface area contributed by atoms with Gasteiger partial charge in [-0.05, 0) is 112 Å². The van der Waals surface area contributed by atoms with Crippen LogP contribution in [0.4, 0.5) is 22.7 Å². The van der Waals surface area contributed by atoms with E-state index in [0.29, 0.717) is 42.6 Å². The molecule has 3 aromatic carbocycles. The summed E-state index contributed by atoms with van der Waals surface area (Å²) in [6, 6.07) is 14.2. The summed E-state index contributed by atoms with van der Waals surface area (Å²) in [6.45, 7) is 11.9. The molecule has 1 heterocycles. The summed E-state index contributed by atoms with van der Waals surface area (Å²) in [5.41, 5.74) is 3.18. The number of ether oxygens (including phenoxy) is 1. The van der Waals surface area contributed by atoms with Gasteiger partial charge in [-0.15, -0.1) is 0 Å². The molecule has 1 aliphatic heterocycles. The molecule has 0 saturated heterocycles. The minimum absolute atomic E-state index is 0.132. The highest BCUT2D eigenvalue weighted by molar-refractivity contribution is 6.11. The number of carbonyl (C=O) groups excluding carboxylic acids is 7. The summed E-state index contributed by atoms with van der Waals surface area (Å²) in [5.74, 6) is -2.78. The van der Waals surface area contributed by atoms with Gasteiger partial charge >= 0.3 is 5.97 Å². The second kappa shape index (κ2) is 21.8. The quantitative estimate of drug-likeness (QED) is 0.0222. The molecular weight excluding hydrogens is 729 g/mol. The Morgan fingerprint density at radius 3 is 2.12 bits per heavy atom. The zero-order chi connectivity index (χ0) is 41.3. The van der Waals surface area contributed by atoms with Gasteiger partial charge in [0.15, 0.2) is 17.3 Å². The lowest BCUT2D eigenvalue weighted by Gasteiger charge is -2.17. The number of ketones is 3. The fourth-order valence-electron chi connectivity index (χ4n) is 6.10. The van der Waals surface area contributed by atoms with Gasteiger partial charge in [0, 0.05) is 52.7 Å². The molecule has 0 aliphatic carbocycles. The molecule has 0 spiro atoms. The van der Waals surface area contributed by atoms with Crippen molar-refractivity contribution in [3.8, 4) is 0 Å². The first kappa shape index (κ1) is 43.6. The lowest BCUT2D eigenvalue weighted by molar-refractivity contribution is -0.138. The molecule has 1 aliphatic rings. The first-order valence-corrected chi connectivity index (χ1v) is 19.2. The maximum atomic E-state index is 13.4. The Morgan fingerprint density at radius 1 is 0.825 bits per heavy atom. The van der Waals surface area contributed by atoms with E-state index in [4.69, 9.17) is 4.74 Å². The van der Waals surface area contributed by atoms with E-state index in [1.54, 1.807) is 30.3 Å². The Morgan fingerprint density at radius 2 is 1.49 bits per heavy atom. The number of hydrogen-bond acceptors (Lipinski definition) is 11. The Bertz CT molecular complexity index is 2000. The summed E-state index contributed by atoms with van der Waals surface area (Å²) in [7, 11) is 0. The van der Waals surface area contributed by atoms with E-state index in [1.165, 1.54) is 37.3 Å². The van der Waals surface area contributed by atoms with E-state index in [1.807, 2.05) is 0 Å². The van der Waals surface area contributed by atoms with E-state index >= 15 is 0 Å². The van der Waals surface area contributed by atoms with E-state index in [-0.39, 0.29) is 59.4 Å². The number of unbranched alkanes of at least 4 members (excludes halogenated alkanes) is 3. The fraction of sp³-hybridized carbons (Fsp3) is 0.372. The molecule has 57 heavy (non-hydrogen) atoms. The van der Waals surface area contributed by atoms with Crippen LogP contribution in [0.2, 0.25) is 0 Å². The Labute approximate surface area is 332 Å². The van der Waals surface area contributed by atoms with Crippen molar-refractivity contribution >= 4 is 63.8 Å². The van der Waals surface area contributed by atoms with Crippen molar-refractivity contribution in [1.82, 2.24) is 4.90 Å². The van der Waals surface area contributed by atoms with E-state index in [9.17, 15) is 33.6 Å². The topological polar surface area (TPSA) is 193 Å². The maximum absolute atomic E-state index is 13.4. The molecule has 0 radical (unpaired) electrons. The minimum Gasteiger partial charge on any atom is -0.463 e. The number of Topliss-reactive ketones (excluding diaryl/α,β-unsaturated/α-hetero) is 3. The zero-order valence-electron chi connectivity index (χ0n) is 32.7. The monoisotopic (exact) mass is 778 g/mol. The van der Waals surface area contributed by atoms with Crippen LogP contribution in [0.15, 0.2) is 83.5 Å². The summed E-state index contributed by atoms with van der Waals surface area (Å²) >= 11 is 0. The second-order valence-electron chi connectivity index (χ2n) is 13.6. The van der Waals surface area contributed by atoms with Gasteiger partial charge in [0.25, 0.3) is 11.8 Å². The largest absolute Gasteiger partial charge is 0.463 e. The van der Waals surface area contributed by atoms with Crippen molar-refractivity contribution in [3.05, 3.63) is 95.6 Å². The average Bonchev–Trinajstić information content (AvgIpc) is 3.58. The van der Waals surface area contributed by atoms with Crippen molar-refractivity contribution in [2.75, 3.05) is 42.2 Å². The third-order valence-electron chi connectivity index (χ3n) is 9.37. The van der Waals surface area contributed by atoms with Crippen LogP contribution in [0.5, 0.6) is 0 Å². The standard InChI is InChI=1S/C43H50N6O8/c1-5-40(54)57-22-12-10-14-38(52)32-23-31(37(51)13-9-8-11-21-49(6-2)7-3)24-35(25-32)45-42(55)29-15-18-33(19-16-29)47-48-41(28(4)50)43(56)44-34-20-17-30-26-39(53)46-36(30)27-34/h5,15-20,23-25,27,41H,1,6-14,21-22,26H2,2-4H3,(H,44,56)(H,45,55)(H,46,53).